The van der Waals surface area contributed by atoms with E-state index in [0.717, 1.165) is 18.4 Å². The molecule has 0 bridgehead atoms. The van der Waals surface area contributed by atoms with Crippen molar-refractivity contribution in [2.45, 2.75) is 56.6 Å². The number of nitrogen functional groups attached to an aromatic ring is 1. The molecule has 6 N–H and O–H groups in total. The molecule has 1 saturated heterocycles. The van der Waals surface area contributed by atoms with Crippen molar-refractivity contribution in [3.63, 3.8) is 0 Å². The molecule has 1 aliphatic heterocycles. The average molecular weight is 541 g/mol. The number of imidazole rings is 1. The van der Waals surface area contributed by atoms with E-state index >= 15 is 0 Å². The molecule has 208 valence electrons. The van der Waals surface area contributed by atoms with Crippen LogP contribution in [0.3, 0.4) is 0 Å². The number of aromatic nitrogens is 4. The molecule has 39 heavy (non-hydrogen) atoms. The molecular weight excluding hydrogens is 508 g/mol. The number of fused-ring (bicyclic) bond motifs is 1. The van der Waals surface area contributed by atoms with Crippen LogP contribution in [0.15, 0.2) is 36.7 Å². The lowest BCUT2D eigenvalue weighted by molar-refractivity contribution is -0.137. The highest BCUT2D eigenvalue weighted by molar-refractivity contribution is 5.83. The molecule has 2 aromatic heterocycles. The van der Waals surface area contributed by atoms with E-state index in [2.05, 4.69) is 25.6 Å². The zero-order chi connectivity index (χ0) is 27.5. The summed E-state index contributed by atoms with van der Waals surface area (Å²) in [7, 11) is 1.59. The average Bonchev–Trinajstić information content (AvgIpc) is 3.56. The maximum absolute atomic E-state index is 12.6. The number of carbonyl (C=O) groups excluding carboxylic acids is 2. The van der Waals surface area contributed by atoms with E-state index in [4.69, 9.17) is 15.2 Å². The van der Waals surface area contributed by atoms with E-state index in [9.17, 15) is 19.8 Å². The quantitative estimate of drug-likeness (QED) is 0.213. The van der Waals surface area contributed by atoms with Crippen LogP contribution in [0.1, 0.15) is 30.5 Å². The second-order valence-corrected chi connectivity index (χ2v) is 9.69. The van der Waals surface area contributed by atoms with Crippen molar-refractivity contribution in [1.82, 2.24) is 35.1 Å². The Hall–Kier alpha value is -3.85. The molecule has 3 amide bonds. The number of carbonyl (C=O) groups is 2. The first-order chi connectivity index (χ1) is 18.8. The van der Waals surface area contributed by atoms with Crippen LogP contribution >= 0.6 is 0 Å². The van der Waals surface area contributed by atoms with E-state index in [1.165, 1.54) is 15.8 Å². The summed E-state index contributed by atoms with van der Waals surface area (Å²) in [6.07, 6.45) is -2.11. The van der Waals surface area contributed by atoms with E-state index in [0.29, 0.717) is 19.8 Å². The third kappa shape index (κ3) is 6.09. The van der Waals surface area contributed by atoms with Gasteiger partial charge in [-0.05, 0) is 18.4 Å². The fourth-order valence-corrected chi connectivity index (χ4v) is 4.27. The van der Waals surface area contributed by atoms with E-state index in [1.807, 2.05) is 30.3 Å². The van der Waals surface area contributed by atoms with Crippen molar-refractivity contribution in [2.75, 3.05) is 25.9 Å². The Bertz CT molecular complexity index is 1320. The van der Waals surface area contributed by atoms with Crippen molar-refractivity contribution in [2.24, 2.45) is 0 Å². The predicted octanol–water partition coefficient (Wildman–Crippen LogP) is -0.335. The second kappa shape index (κ2) is 11.5. The van der Waals surface area contributed by atoms with Crippen molar-refractivity contribution in [3.8, 4) is 0 Å². The molecule has 2 aliphatic rings. The second-order valence-electron chi connectivity index (χ2n) is 9.69. The Kier molecular flexibility index (Phi) is 7.88. The summed E-state index contributed by atoms with van der Waals surface area (Å²) < 4.78 is 12.7. The highest BCUT2D eigenvalue weighted by Gasteiger charge is 2.48. The third-order valence-corrected chi connectivity index (χ3v) is 6.55. The molecule has 5 rings (SSSR count). The van der Waals surface area contributed by atoms with Gasteiger partial charge in [-0.15, -0.1) is 0 Å². The standard InChI is InChI=1S/C25H32N8O6/c1-32(25(37)27-9-10-38-12-14-5-3-2-4-6-14)11-16-30-21(26)17-22(31-16)33(13-28-17)24-19(35)18(34)20(39-24)23(36)29-15-7-8-15/h2-6,13,15,18-20,24,34-35H,7-12H2,1H3,(H,27,37)(H,29,36)(H2,26,30,31)/t18?,19?,20-,24+/m0/s1. The van der Waals surface area contributed by atoms with E-state index < -0.39 is 30.4 Å². The number of hydrogen-bond acceptors (Lipinski definition) is 10. The van der Waals surface area contributed by atoms with Crippen LogP contribution in [0, 0.1) is 0 Å². The van der Waals surface area contributed by atoms with Gasteiger partial charge in [-0.1, -0.05) is 30.3 Å². The molecule has 2 fully saturated rings. The van der Waals surface area contributed by atoms with E-state index in [-0.39, 0.29) is 41.4 Å². The number of nitrogens with two attached hydrogens (primary N) is 1. The van der Waals surface area contributed by atoms with Gasteiger partial charge in [0, 0.05) is 19.6 Å². The van der Waals surface area contributed by atoms with Crippen LogP contribution in [-0.2, 0) is 27.4 Å². The number of nitrogens with one attached hydrogen (secondary N) is 2. The van der Waals surface area contributed by atoms with Crippen molar-refractivity contribution in [1.29, 1.82) is 0 Å². The molecule has 4 atom stereocenters. The number of amides is 3. The summed E-state index contributed by atoms with van der Waals surface area (Å²) >= 11 is 0. The number of anilines is 1. The molecule has 1 aliphatic carbocycles. The maximum Gasteiger partial charge on any atom is 0.317 e. The van der Waals surface area contributed by atoms with Gasteiger partial charge in [-0.3, -0.25) is 9.36 Å². The fraction of sp³-hybridized carbons (Fsp3) is 0.480. The van der Waals surface area contributed by atoms with Gasteiger partial charge in [-0.2, -0.15) is 0 Å². The molecule has 1 aromatic carbocycles. The predicted molar refractivity (Wildman–Crippen MR) is 138 cm³/mol. The van der Waals surface area contributed by atoms with E-state index in [1.54, 1.807) is 7.05 Å². The summed E-state index contributed by atoms with van der Waals surface area (Å²) in [5, 5.41) is 26.7. The van der Waals surface area contributed by atoms with Gasteiger partial charge >= 0.3 is 6.03 Å². The largest absolute Gasteiger partial charge is 0.387 e. The fourth-order valence-electron chi connectivity index (χ4n) is 4.27. The zero-order valence-corrected chi connectivity index (χ0v) is 21.4. The molecule has 3 aromatic rings. The minimum absolute atomic E-state index is 0.0329. The number of ether oxygens (including phenoxy) is 2. The third-order valence-electron chi connectivity index (χ3n) is 6.55. The van der Waals surface area contributed by atoms with Crippen molar-refractivity contribution < 1.29 is 29.3 Å². The lowest BCUT2D eigenvalue weighted by Crippen LogP contribution is -2.43. The van der Waals surface area contributed by atoms with Gasteiger partial charge < -0.3 is 41.0 Å². The minimum Gasteiger partial charge on any atom is -0.387 e. The zero-order valence-electron chi connectivity index (χ0n) is 21.4. The number of aliphatic hydroxyl groups excluding tert-OH is 2. The molecule has 0 radical (unpaired) electrons. The lowest BCUT2D eigenvalue weighted by atomic mass is 10.1. The highest BCUT2D eigenvalue weighted by Crippen LogP contribution is 2.33. The molecule has 1 saturated carbocycles. The first kappa shape index (κ1) is 26.7. The monoisotopic (exact) mass is 540 g/mol. The number of aliphatic hydroxyl groups is 2. The van der Waals surface area contributed by atoms with Crippen molar-refractivity contribution in [3.05, 3.63) is 48.0 Å². The van der Waals surface area contributed by atoms with Crippen molar-refractivity contribution >= 4 is 28.9 Å². The van der Waals surface area contributed by atoms with Gasteiger partial charge in [0.25, 0.3) is 5.91 Å². The minimum atomic E-state index is -1.43. The van der Waals surface area contributed by atoms with Crippen LogP contribution in [0.25, 0.3) is 11.2 Å². The van der Waals surface area contributed by atoms with Gasteiger partial charge in [-0.25, -0.2) is 19.7 Å². The Morgan fingerprint density at radius 2 is 1.97 bits per heavy atom. The topological polar surface area (TPSA) is 190 Å². The Labute approximate surface area is 224 Å². The smallest absolute Gasteiger partial charge is 0.317 e. The first-order valence-corrected chi connectivity index (χ1v) is 12.7. The van der Waals surface area contributed by atoms with Gasteiger partial charge in [0.2, 0.25) is 0 Å². The summed E-state index contributed by atoms with van der Waals surface area (Å²) in [6, 6.07) is 9.46. The molecular formula is C25H32N8O6. The molecule has 14 nitrogen and oxygen atoms in total. The summed E-state index contributed by atoms with van der Waals surface area (Å²) in [5.74, 6) is -0.173. The van der Waals surface area contributed by atoms with Gasteiger partial charge in [0.1, 0.15) is 17.7 Å². The normalized spacial score (nSPS) is 22.6. The number of benzene rings is 1. The van der Waals surface area contributed by atoms with Crippen LogP contribution in [-0.4, -0.2) is 91.1 Å². The molecule has 2 unspecified atom stereocenters. The maximum atomic E-state index is 12.6. The molecule has 0 spiro atoms. The first-order valence-electron chi connectivity index (χ1n) is 12.7. The highest BCUT2D eigenvalue weighted by atomic mass is 16.6. The Morgan fingerprint density at radius 3 is 2.72 bits per heavy atom. The molecule has 3 heterocycles. The van der Waals surface area contributed by atoms with Crippen LogP contribution < -0.4 is 16.4 Å². The summed E-state index contributed by atoms with van der Waals surface area (Å²) in [5.41, 5.74) is 7.65. The number of hydrogen-bond donors (Lipinski definition) is 5. The summed E-state index contributed by atoms with van der Waals surface area (Å²) in [6.45, 7) is 1.15. The SMILES string of the molecule is CN(Cc1nc(N)c2ncn([C@@H]3O[C@H](C(=O)NC4CC4)C(O)C3O)c2n1)C(=O)NCCOCc1ccccc1. The van der Waals surface area contributed by atoms with Gasteiger partial charge in [0.05, 0.1) is 26.1 Å². The van der Waals surface area contributed by atoms with Crippen LogP contribution in [0.5, 0.6) is 0 Å². The number of nitrogens with zero attached hydrogens (tertiary/aromatic N) is 5. The van der Waals surface area contributed by atoms with Crippen LogP contribution in [0.4, 0.5) is 10.6 Å². The Balaban J connectivity index is 1.20. The number of urea groups is 1. The Morgan fingerprint density at radius 1 is 1.21 bits per heavy atom. The number of rotatable bonds is 10. The summed E-state index contributed by atoms with van der Waals surface area (Å²) in [4.78, 5) is 39.4. The van der Waals surface area contributed by atoms with Crippen LogP contribution in [0.2, 0.25) is 0 Å². The van der Waals surface area contributed by atoms with Gasteiger partial charge in [0.15, 0.2) is 29.6 Å². The lowest BCUT2D eigenvalue weighted by Gasteiger charge is -2.19. The molecule has 14 heteroatoms.